The van der Waals surface area contributed by atoms with Gasteiger partial charge in [-0.25, -0.2) is 0 Å². The first-order chi connectivity index (χ1) is 10.2. The molecule has 0 aliphatic carbocycles. The number of piperidine rings is 1. The molecule has 0 atom stereocenters. The number of nitrogens with one attached hydrogen (secondary N) is 1. The fraction of sp³-hybridized carbons (Fsp3) is 0.938. The first-order valence-corrected chi connectivity index (χ1v) is 9.68. The van der Waals surface area contributed by atoms with Crippen molar-refractivity contribution in [2.75, 3.05) is 50.8 Å². The molecule has 1 aliphatic heterocycles. The largest absolute Gasteiger partial charge is 0.339 e. The molecule has 1 N–H and O–H groups in total. The van der Waals surface area contributed by atoms with Crippen LogP contribution >= 0.6 is 11.8 Å². The zero-order chi connectivity index (χ0) is 15.5. The van der Waals surface area contributed by atoms with Gasteiger partial charge in [0.1, 0.15) is 0 Å². The fourth-order valence-electron chi connectivity index (χ4n) is 2.85. The molecule has 1 heterocycles. The van der Waals surface area contributed by atoms with E-state index < -0.39 is 0 Å². The van der Waals surface area contributed by atoms with Gasteiger partial charge in [-0.3, -0.25) is 4.79 Å². The molecule has 1 aliphatic rings. The number of hydrogen-bond donors (Lipinski definition) is 1. The Hall–Kier alpha value is -0.260. The highest BCUT2D eigenvalue weighted by molar-refractivity contribution is 7.99. The topological polar surface area (TPSA) is 35.6 Å². The number of carbonyl (C=O) groups excluding carboxylic acids is 1. The van der Waals surface area contributed by atoms with E-state index in [1.54, 1.807) is 11.8 Å². The lowest BCUT2D eigenvalue weighted by Crippen LogP contribution is -2.47. The Kier molecular flexibility index (Phi) is 10.1. The molecule has 1 saturated heterocycles. The summed E-state index contributed by atoms with van der Waals surface area (Å²) in [5, 5.41) is 3.38. The number of amides is 1. The second-order valence-electron chi connectivity index (χ2n) is 5.65. The molecule has 1 amide bonds. The second-order valence-corrected chi connectivity index (χ2v) is 6.75. The summed E-state index contributed by atoms with van der Waals surface area (Å²) in [6.07, 6.45) is 3.27. The monoisotopic (exact) mass is 315 g/mol. The molecular weight excluding hydrogens is 282 g/mol. The third-order valence-electron chi connectivity index (χ3n) is 4.21. The van der Waals surface area contributed by atoms with E-state index in [2.05, 4.69) is 35.9 Å². The summed E-state index contributed by atoms with van der Waals surface area (Å²) >= 11 is 1.79. The van der Waals surface area contributed by atoms with Crippen molar-refractivity contribution in [1.82, 2.24) is 15.1 Å². The smallest absolute Gasteiger partial charge is 0.232 e. The van der Waals surface area contributed by atoms with Gasteiger partial charge in [-0.2, -0.15) is 11.8 Å². The maximum absolute atomic E-state index is 12.5. The number of rotatable bonds is 10. The number of nitrogens with zero attached hydrogens (tertiary/aromatic N) is 2. The van der Waals surface area contributed by atoms with E-state index in [9.17, 15) is 4.79 Å². The normalized spacial score (nSPS) is 16.4. The van der Waals surface area contributed by atoms with Gasteiger partial charge in [0.15, 0.2) is 0 Å². The Morgan fingerprint density at radius 3 is 2.38 bits per heavy atom. The van der Waals surface area contributed by atoms with E-state index >= 15 is 0 Å². The minimum absolute atomic E-state index is 0.341. The molecule has 0 unspecified atom stereocenters. The molecule has 0 saturated carbocycles. The second kappa shape index (κ2) is 11.3. The fourth-order valence-corrected chi connectivity index (χ4v) is 3.72. The Bertz CT molecular complexity index is 279. The zero-order valence-corrected chi connectivity index (χ0v) is 14.9. The van der Waals surface area contributed by atoms with Crippen LogP contribution in [0, 0.1) is 0 Å². The van der Waals surface area contributed by atoms with Crippen LogP contribution in [0.1, 0.15) is 40.0 Å². The molecule has 4 nitrogen and oxygen atoms in total. The molecular formula is C16H33N3OS. The average Bonchev–Trinajstić information content (AvgIpc) is 2.53. The predicted octanol–water partition coefficient (Wildman–Crippen LogP) is 2.05. The van der Waals surface area contributed by atoms with Gasteiger partial charge in [0.2, 0.25) is 5.91 Å². The Morgan fingerprint density at radius 2 is 1.81 bits per heavy atom. The minimum atomic E-state index is 0.341. The van der Waals surface area contributed by atoms with E-state index in [1.165, 1.54) is 0 Å². The zero-order valence-electron chi connectivity index (χ0n) is 14.1. The van der Waals surface area contributed by atoms with Crippen molar-refractivity contribution in [2.24, 2.45) is 0 Å². The summed E-state index contributed by atoms with van der Waals surface area (Å²) < 4.78 is 0. The molecule has 0 bridgehead atoms. The number of hydrogen-bond acceptors (Lipinski definition) is 4. The van der Waals surface area contributed by atoms with Crippen LogP contribution in [0.5, 0.6) is 0 Å². The maximum Gasteiger partial charge on any atom is 0.232 e. The number of thioether (sulfide) groups is 1. The highest BCUT2D eigenvalue weighted by atomic mass is 32.2. The Labute approximate surface area is 135 Å². The van der Waals surface area contributed by atoms with Gasteiger partial charge >= 0.3 is 0 Å². The summed E-state index contributed by atoms with van der Waals surface area (Å²) in [6.45, 7) is 12.9. The third-order valence-corrected chi connectivity index (χ3v) is 5.13. The van der Waals surface area contributed by atoms with Crippen LogP contribution in [0.3, 0.4) is 0 Å². The summed E-state index contributed by atoms with van der Waals surface area (Å²) in [5.74, 6) is 2.04. The SMILES string of the molecule is CCCN(C(=O)CSCCN(CC)CC)C1CCNCC1. The lowest BCUT2D eigenvalue weighted by Gasteiger charge is -2.34. The van der Waals surface area contributed by atoms with Crippen molar-refractivity contribution in [3.05, 3.63) is 0 Å². The molecule has 0 spiro atoms. The third kappa shape index (κ3) is 7.02. The van der Waals surface area contributed by atoms with Gasteiger partial charge in [-0.1, -0.05) is 20.8 Å². The van der Waals surface area contributed by atoms with Crippen LogP contribution in [0.15, 0.2) is 0 Å². The van der Waals surface area contributed by atoms with E-state index in [0.717, 1.165) is 64.3 Å². The van der Waals surface area contributed by atoms with Crippen molar-refractivity contribution in [3.8, 4) is 0 Å². The summed E-state index contributed by atoms with van der Waals surface area (Å²) in [5.41, 5.74) is 0. The van der Waals surface area contributed by atoms with Gasteiger partial charge in [0.25, 0.3) is 0 Å². The lowest BCUT2D eigenvalue weighted by atomic mass is 10.0. The number of carbonyl (C=O) groups is 1. The molecule has 1 fully saturated rings. The van der Waals surface area contributed by atoms with Crippen LogP contribution in [0.2, 0.25) is 0 Å². The Balaban J connectivity index is 2.31. The lowest BCUT2D eigenvalue weighted by molar-refractivity contribution is -0.131. The molecule has 0 aromatic carbocycles. The maximum atomic E-state index is 12.5. The van der Waals surface area contributed by atoms with Crippen molar-refractivity contribution in [3.63, 3.8) is 0 Å². The molecule has 1 rings (SSSR count). The van der Waals surface area contributed by atoms with E-state index in [-0.39, 0.29) is 0 Å². The van der Waals surface area contributed by atoms with E-state index in [0.29, 0.717) is 17.7 Å². The highest BCUT2D eigenvalue weighted by Crippen LogP contribution is 2.15. The van der Waals surface area contributed by atoms with Gasteiger partial charge in [0.05, 0.1) is 5.75 Å². The van der Waals surface area contributed by atoms with E-state index in [4.69, 9.17) is 0 Å². The molecule has 124 valence electrons. The first kappa shape index (κ1) is 18.8. The van der Waals surface area contributed by atoms with Crippen LogP contribution in [-0.4, -0.2) is 72.5 Å². The quantitative estimate of drug-likeness (QED) is 0.626. The van der Waals surface area contributed by atoms with Crippen LogP contribution in [0.25, 0.3) is 0 Å². The van der Waals surface area contributed by atoms with Crippen molar-refractivity contribution < 1.29 is 4.79 Å². The molecule has 0 radical (unpaired) electrons. The summed E-state index contributed by atoms with van der Waals surface area (Å²) in [6, 6.07) is 0.460. The van der Waals surface area contributed by atoms with Gasteiger partial charge in [-0.05, 0) is 45.4 Å². The van der Waals surface area contributed by atoms with E-state index in [1.807, 2.05) is 0 Å². The predicted molar refractivity (Wildman–Crippen MR) is 93.0 cm³/mol. The molecule has 5 heteroatoms. The summed E-state index contributed by atoms with van der Waals surface area (Å²) in [7, 11) is 0. The first-order valence-electron chi connectivity index (χ1n) is 8.53. The minimum Gasteiger partial charge on any atom is -0.339 e. The standard InChI is InChI=1S/C16H33N3OS/c1-4-11-19(15-7-9-17-10-8-15)16(20)14-21-13-12-18(5-2)6-3/h15,17H,4-14H2,1-3H3. The van der Waals surface area contributed by atoms with Crippen LogP contribution < -0.4 is 5.32 Å². The highest BCUT2D eigenvalue weighted by Gasteiger charge is 2.24. The van der Waals surface area contributed by atoms with Gasteiger partial charge in [0, 0.05) is 24.9 Å². The average molecular weight is 316 g/mol. The molecule has 0 aromatic heterocycles. The van der Waals surface area contributed by atoms with Crippen LogP contribution in [-0.2, 0) is 4.79 Å². The van der Waals surface area contributed by atoms with Crippen LogP contribution in [0.4, 0.5) is 0 Å². The van der Waals surface area contributed by atoms with Gasteiger partial charge in [-0.15, -0.1) is 0 Å². The van der Waals surface area contributed by atoms with Crippen molar-refractivity contribution in [1.29, 1.82) is 0 Å². The van der Waals surface area contributed by atoms with Gasteiger partial charge < -0.3 is 15.1 Å². The van der Waals surface area contributed by atoms with Crippen molar-refractivity contribution >= 4 is 17.7 Å². The molecule has 0 aromatic rings. The summed E-state index contributed by atoms with van der Waals surface area (Å²) in [4.78, 5) is 17.0. The van der Waals surface area contributed by atoms with Crippen molar-refractivity contribution in [2.45, 2.75) is 46.1 Å². The Morgan fingerprint density at radius 1 is 1.14 bits per heavy atom. The molecule has 21 heavy (non-hydrogen) atoms.